The van der Waals surface area contributed by atoms with Crippen molar-refractivity contribution in [1.29, 1.82) is 0 Å². The van der Waals surface area contributed by atoms with Crippen LogP contribution >= 0.6 is 12.4 Å². The summed E-state index contributed by atoms with van der Waals surface area (Å²) in [5.41, 5.74) is 10.4. The number of amides is 1. The molecule has 0 bridgehead atoms. The summed E-state index contributed by atoms with van der Waals surface area (Å²) in [6, 6.07) is 15.1. The van der Waals surface area contributed by atoms with E-state index in [2.05, 4.69) is 22.4 Å². The third-order valence-electron chi connectivity index (χ3n) is 6.20. The Labute approximate surface area is 213 Å². The number of carboxylic acids is 1. The fourth-order valence-corrected chi connectivity index (χ4v) is 4.34. The third-order valence-corrected chi connectivity index (χ3v) is 6.20. The number of rotatable bonds is 11. The number of ether oxygens (including phenoxy) is 1. The van der Waals surface area contributed by atoms with Gasteiger partial charge in [-0.25, -0.2) is 9.59 Å². The second-order valence-electron chi connectivity index (χ2n) is 8.27. The number of carboxylic acid groups (broad SMARTS) is 1. The summed E-state index contributed by atoms with van der Waals surface area (Å²) in [6.07, 6.45) is 0.839. The van der Waals surface area contributed by atoms with Crippen molar-refractivity contribution in [2.24, 2.45) is 10.7 Å². The van der Waals surface area contributed by atoms with Crippen molar-refractivity contribution in [1.82, 2.24) is 10.2 Å². The Kier molecular flexibility index (Phi) is 10.9. The first-order valence-corrected chi connectivity index (χ1v) is 11.8. The smallest absolute Gasteiger partial charge is 0.407 e. The van der Waals surface area contributed by atoms with Crippen LogP contribution in [0.25, 0.3) is 11.1 Å². The molecular weight excluding hydrogens is 468 g/mol. The first-order valence-electron chi connectivity index (χ1n) is 11.8. The maximum Gasteiger partial charge on any atom is 0.407 e. The number of guanidine groups is 1. The van der Waals surface area contributed by atoms with Crippen LogP contribution < -0.4 is 11.1 Å². The van der Waals surface area contributed by atoms with Crippen LogP contribution in [0.4, 0.5) is 4.79 Å². The van der Waals surface area contributed by atoms with Gasteiger partial charge >= 0.3 is 12.1 Å². The SMILES string of the molecule is CCN(CC)C(N)=NCCCCC(NC(=O)OCC1c2ccccc2-c2ccccc21)C(=O)O.Cl. The highest BCUT2D eigenvalue weighted by Crippen LogP contribution is 2.44. The number of unbranched alkanes of at least 4 members (excludes halogenated alkanes) is 1. The van der Waals surface area contributed by atoms with Gasteiger partial charge in [-0.2, -0.15) is 0 Å². The van der Waals surface area contributed by atoms with Crippen molar-refractivity contribution >= 4 is 30.4 Å². The molecule has 3 rings (SSSR count). The Morgan fingerprint density at radius 3 is 2.17 bits per heavy atom. The minimum atomic E-state index is -1.08. The van der Waals surface area contributed by atoms with Crippen molar-refractivity contribution < 1.29 is 19.4 Å². The maximum absolute atomic E-state index is 12.4. The highest BCUT2D eigenvalue weighted by molar-refractivity contribution is 5.85. The molecule has 1 unspecified atom stereocenters. The lowest BCUT2D eigenvalue weighted by Crippen LogP contribution is -2.41. The summed E-state index contributed by atoms with van der Waals surface area (Å²) in [5.74, 6) is -0.660. The molecule has 8 nitrogen and oxygen atoms in total. The normalized spacial score (nSPS) is 13.3. The average Bonchev–Trinajstić information content (AvgIpc) is 3.16. The summed E-state index contributed by atoms with van der Waals surface area (Å²) in [5, 5.41) is 12.0. The van der Waals surface area contributed by atoms with Crippen LogP contribution in [0.15, 0.2) is 53.5 Å². The predicted molar refractivity (Wildman–Crippen MR) is 140 cm³/mol. The summed E-state index contributed by atoms with van der Waals surface area (Å²) < 4.78 is 5.47. The van der Waals surface area contributed by atoms with Gasteiger partial charge in [-0.05, 0) is 55.4 Å². The number of hydrogen-bond acceptors (Lipinski definition) is 4. The van der Waals surface area contributed by atoms with E-state index in [0.717, 1.165) is 35.3 Å². The molecule has 0 aliphatic heterocycles. The van der Waals surface area contributed by atoms with Crippen molar-refractivity contribution in [3.63, 3.8) is 0 Å². The third kappa shape index (κ3) is 7.11. The predicted octanol–water partition coefficient (Wildman–Crippen LogP) is 4.23. The molecule has 0 spiro atoms. The molecule has 0 fully saturated rings. The number of carbonyl (C=O) groups excluding carboxylic acids is 1. The second kappa shape index (κ2) is 13.6. The van der Waals surface area contributed by atoms with Crippen molar-refractivity contribution in [2.75, 3.05) is 26.2 Å². The van der Waals surface area contributed by atoms with E-state index < -0.39 is 18.1 Å². The van der Waals surface area contributed by atoms with E-state index in [-0.39, 0.29) is 24.9 Å². The lowest BCUT2D eigenvalue weighted by atomic mass is 9.98. The zero-order chi connectivity index (χ0) is 24.5. The monoisotopic (exact) mass is 502 g/mol. The Hall–Kier alpha value is -3.26. The van der Waals surface area contributed by atoms with Gasteiger partial charge in [0.2, 0.25) is 0 Å². The van der Waals surface area contributed by atoms with Gasteiger partial charge in [0.15, 0.2) is 5.96 Å². The highest BCUT2D eigenvalue weighted by atomic mass is 35.5. The number of alkyl carbamates (subject to hydrolysis) is 1. The van der Waals surface area contributed by atoms with Gasteiger partial charge in [0, 0.05) is 25.6 Å². The number of aliphatic imine (C=N–C) groups is 1. The molecule has 1 amide bonds. The van der Waals surface area contributed by atoms with Gasteiger partial charge in [0.25, 0.3) is 0 Å². The topological polar surface area (TPSA) is 117 Å². The number of nitrogens with one attached hydrogen (secondary N) is 1. The molecular formula is C26H35ClN4O4. The molecule has 0 aromatic heterocycles. The van der Waals surface area contributed by atoms with Gasteiger partial charge in [-0.15, -0.1) is 12.4 Å². The standard InChI is InChI=1S/C26H34N4O4.ClH/c1-3-30(4-2)25(27)28-16-10-9-15-23(24(31)32)29-26(33)34-17-22-20-13-7-5-11-18(20)19-12-6-8-14-21(19)22;/h5-8,11-14,22-23H,3-4,9-10,15-17H2,1-2H3,(H2,27,28)(H,29,33)(H,31,32);1H. The van der Waals surface area contributed by atoms with Crippen LogP contribution in [0.1, 0.15) is 50.2 Å². The number of carbonyl (C=O) groups is 2. The number of aliphatic carboxylic acids is 1. The van der Waals surface area contributed by atoms with Crippen LogP contribution in [0.5, 0.6) is 0 Å². The molecule has 2 aromatic rings. The molecule has 0 saturated heterocycles. The molecule has 0 saturated carbocycles. The number of hydrogen-bond donors (Lipinski definition) is 3. The van der Waals surface area contributed by atoms with E-state index in [9.17, 15) is 14.7 Å². The van der Waals surface area contributed by atoms with Crippen LogP contribution in [0, 0.1) is 0 Å². The Balaban J connectivity index is 0.00000432. The van der Waals surface area contributed by atoms with Gasteiger partial charge in [-0.1, -0.05) is 48.5 Å². The van der Waals surface area contributed by atoms with Gasteiger partial charge in [0.1, 0.15) is 12.6 Å². The van der Waals surface area contributed by atoms with E-state index in [1.165, 1.54) is 0 Å². The molecule has 1 atom stereocenters. The van der Waals surface area contributed by atoms with Gasteiger partial charge in [-0.3, -0.25) is 4.99 Å². The Morgan fingerprint density at radius 2 is 1.63 bits per heavy atom. The van der Waals surface area contributed by atoms with Crippen LogP contribution in [-0.4, -0.2) is 60.3 Å². The van der Waals surface area contributed by atoms with E-state index in [4.69, 9.17) is 10.5 Å². The minimum absolute atomic E-state index is 0. The van der Waals surface area contributed by atoms with Crippen molar-refractivity contribution in [3.05, 3.63) is 59.7 Å². The Bertz CT molecular complexity index is 980. The van der Waals surface area contributed by atoms with E-state index >= 15 is 0 Å². The quantitative estimate of drug-likeness (QED) is 0.240. The molecule has 4 N–H and O–H groups in total. The van der Waals surface area contributed by atoms with Crippen molar-refractivity contribution in [3.8, 4) is 11.1 Å². The second-order valence-corrected chi connectivity index (χ2v) is 8.27. The van der Waals surface area contributed by atoms with E-state index in [1.54, 1.807) is 0 Å². The number of halogens is 1. The highest BCUT2D eigenvalue weighted by Gasteiger charge is 2.29. The molecule has 35 heavy (non-hydrogen) atoms. The maximum atomic E-state index is 12.4. The molecule has 1 aliphatic rings. The number of nitrogens with zero attached hydrogens (tertiary/aromatic N) is 2. The van der Waals surface area contributed by atoms with Crippen LogP contribution in [0.2, 0.25) is 0 Å². The molecule has 1 aliphatic carbocycles. The largest absolute Gasteiger partial charge is 0.480 e. The summed E-state index contributed by atoms with van der Waals surface area (Å²) in [6.45, 7) is 6.26. The molecule has 0 heterocycles. The van der Waals surface area contributed by atoms with E-state index in [0.29, 0.717) is 31.8 Å². The molecule has 0 radical (unpaired) electrons. The summed E-state index contributed by atoms with van der Waals surface area (Å²) in [4.78, 5) is 30.4. The molecule has 2 aromatic carbocycles. The van der Waals surface area contributed by atoms with Gasteiger partial charge < -0.3 is 25.8 Å². The molecule has 190 valence electrons. The summed E-state index contributed by atoms with van der Waals surface area (Å²) >= 11 is 0. The summed E-state index contributed by atoms with van der Waals surface area (Å²) in [7, 11) is 0. The first kappa shape index (κ1) is 28.0. The number of nitrogens with two attached hydrogens (primary N) is 1. The number of benzene rings is 2. The van der Waals surface area contributed by atoms with E-state index in [1.807, 2.05) is 55.1 Å². The van der Waals surface area contributed by atoms with Crippen LogP contribution in [0.3, 0.4) is 0 Å². The van der Waals surface area contributed by atoms with Crippen molar-refractivity contribution in [2.45, 2.75) is 45.1 Å². The number of fused-ring (bicyclic) bond motifs is 3. The first-order chi connectivity index (χ1) is 16.5. The fraction of sp³-hybridized carbons (Fsp3) is 0.423. The lowest BCUT2D eigenvalue weighted by Gasteiger charge is -2.19. The Morgan fingerprint density at radius 1 is 1.06 bits per heavy atom. The minimum Gasteiger partial charge on any atom is -0.480 e. The van der Waals surface area contributed by atoms with Crippen LogP contribution in [-0.2, 0) is 9.53 Å². The van der Waals surface area contributed by atoms with Gasteiger partial charge in [0.05, 0.1) is 0 Å². The zero-order valence-corrected chi connectivity index (χ0v) is 21.1. The molecule has 9 heteroatoms. The fourth-order valence-electron chi connectivity index (χ4n) is 4.34. The lowest BCUT2D eigenvalue weighted by molar-refractivity contribution is -0.139. The average molecular weight is 503 g/mol. The zero-order valence-electron chi connectivity index (χ0n) is 20.3.